The quantitative estimate of drug-likeness (QED) is 0.816. The molecule has 3 nitrogen and oxygen atoms in total. The lowest BCUT2D eigenvalue weighted by molar-refractivity contribution is -0.120. The zero-order valence-electron chi connectivity index (χ0n) is 13.9. The predicted molar refractivity (Wildman–Crippen MR) is 102 cm³/mol. The van der Waals surface area contributed by atoms with E-state index in [4.69, 9.17) is 5.73 Å². The summed E-state index contributed by atoms with van der Waals surface area (Å²) in [6.07, 6.45) is 6.19. The average Bonchev–Trinajstić information content (AvgIpc) is 2.56. The van der Waals surface area contributed by atoms with Crippen LogP contribution in [0.1, 0.15) is 35.1 Å². The number of rotatable bonds is 5. The van der Waals surface area contributed by atoms with E-state index in [9.17, 15) is 4.79 Å². The third kappa shape index (κ3) is 5.00. The molecule has 0 saturated carbocycles. The van der Waals surface area contributed by atoms with Gasteiger partial charge in [0, 0.05) is 12.2 Å². The number of amides is 1. The van der Waals surface area contributed by atoms with E-state index in [0.29, 0.717) is 13.0 Å². The van der Waals surface area contributed by atoms with Crippen molar-refractivity contribution >= 4 is 24.0 Å². The minimum Gasteiger partial charge on any atom is -0.399 e. The van der Waals surface area contributed by atoms with Crippen molar-refractivity contribution in [1.29, 1.82) is 0 Å². The van der Waals surface area contributed by atoms with Gasteiger partial charge in [-0.25, -0.2) is 0 Å². The van der Waals surface area contributed by atoms with Crippen molar-refractivity contribution in [2.24, 2.45) is 0 Å². The van der Waals surface area contributed by atoms with Gasteiger partial charge in [-0.15, -0.1) is 12.4 Å². The molecular formula is C20H25ClN2O. The molecule has 0 aliphatic heterocycles. The summed E-state index contributed by atoms with van der Waals surface area (Å²) in [7, 11) is 0. The van der Waals surface area contributed by atoms with E-state index in [-0.39, 0.29) is 18.3 Å². The maximum atomic E-state index is 12.1. The van der Waals surface area contributed by atoms with E-state index < -0.39 is 0 Å². The number of benzene rings is 2. The molecule has 0 heterocycles. The standard InChI is InChI=1S/C20H24N2O.ClH/c21-19-9-6-15(7-10-19)11-12-22-20(23)14-16-5-8-17-3-1-2-4-18(17)13-16;/h5-10,13H,1-4,11-12,14,21H2,(H,22,23);1H. The first-order chi connectivity index (χ1) is 11.2. The van der Waals surface area contributed by atoms with Crippen LogP contribution in [0.4, 0.5) is 5.69 Å². The van der Waals surface area contributed by atoms with E-state index in [2.05, 4.69) is 23.5 Å². The Morgan fingerprint density at radius 3 is 2.38 bits per heavy atom. The maximum absolute atomic E-state index is 12.1. The number of nitrogens with two attached hydrogens (primary N) is 1. The van der Waals surface area contributed by atoms with Crippen LogP contribution in [0.5, 0.6) is 0 Å². The molecule has 0 spiro atoms. The molecule has 0 radical (unpaired) electrons. The highest BCUT2D eigenvalue weighted by Gasteiger charge is 2.11. The monoisotopic (exact) mass is 344 g/mol. The van der Waals surface area contributed by atoms with Crippen molar-refractivity contribution in [1.82, 2.24) is 5.32 Å². The Morgan fingerprint density at radius 1 is 0.958 bits per heavy atom. The molecular weight excluding hydrogens is 320 g/mol. The minimum atomic E-state index is 0. The minimum absolute atomic E-state index is 0. The van der Waals surface area contributed by atoms with Crippen molar-refractivity contribution in [2.75, 3.05) is 12.3 Å². The van der Waals surface area contributed by atoms with E-state index in [1.54, 1.807) is 0 Å². The summed E-state index contributed by atoms with van der Waals surface area (Å²) in [5, 5.41) is 3.00. The first kappa shape index (κ1) is 18.3. The number of nitrogens with one attached hydrogen (secondary N) is 1. The summed E-state index contributed by atoms with van der Waals surface area (Å²) in [6.45, 7) is 0.660. The molecule has 2 aromatic rings. The van der Waals surface area contributed by atoms with Crippen molar-refractivity contribution in [3.8, 4) is 0 Å². The van der Waals surface area contributed by atoms with Gasteiger partial charge in [-0.1, -0.05) is 30.3 Å². The highest BCUT2D eigenvalue weighted by Crippen LogP contribution is 2.22. The molecule has 0 fully saturated rings. The third-order valence-electron chi connectivity index (χ3n) is 4.49. The van der Waals surface area contributed by atoms with Gasteiger partial charge in [-0.05, 0) is 66.5 Å². The molecule has 1 aliphatic carbocycles. The van der Waals surface area contributed by atoms with Gasteiger partial charge in [0.05, 0.1) is 6.42 Å². The first-order valence-electron chi connectivity index (χ1n) is 8.42. The normalized spacial score (nSPS) is 12.8. The zero-order chi connectivity index (χ0) is 16.1. The van der Waals surface area contributed by atoms with E-state index in [1.807, 2.05) is 24.3 Å². The van der Waals surface area contributed by atoms with Crippen LogP contribution in [0.15, 0.2) is 42.5 Å². The molecule has 2 aromatic carbocycles. The number of anilines is 1. The third-order valence-corrected chi connectivity index (χ3v) is 4.49. The maximum Gasteiger partial charge on any atom is 0.224 e. The van der Waals surface area contributed by atoms with Gasteiger partial charge in [0.1, 0.15) is 0 Å². The Balaban J connectivity index is 0.00000208. The second-order valence-corrected chi connectivity index (χ2v) is 6.33. The topological polar surface area (TPSA) is 55.1 Å². The van der Waals surface area contributed by atoms with Gasteiger partial charge in [-0.2, -0.15) is 0 Å². The second kappa shape index (κ2) is 8.74. The number of hydrogen-bond acceptors (Lipinski definition) is 2. The summed E-state index contributed by atoms with van der Waals surface area (Å²) in [6, 6.07) is 14.3. The summed E-state index contributed by atoms with van der Waals surface area (Å²) in [4.78, 5) is 12.1. The summed E-state index contributed by atoms with van der Waals surface area (Å²) >= 11 is 0. The molecule has 4 heteroatoms. The highest BCUT2D eigenvalue weighted by molar-refractivity contribution is 5.85. The van der Waals surface area contributed by atoms with Crippen LogP contribution in [-0.4, -0.2) is 12.5 Å². The predicted octanol–water partition coefficient (Wildman–Crippen LogP) is 3.47. The molecule has 0 unspecified atom stereocenters. The largest absolute Gasteiger partial charge is 0.399 e. The number of aryl methyl sites for hydroxylation is 2. The zero-order valence-corrected chi connectivity index (χ0v) is 14.7. The molecule has 128 valence electrons. The molecule has 1 aliphatic rings. The Morgan fingerprint density at radius 2 is 1.62 bits per heavy atom. The second-order valence-electron chi connectivity index (χ2n) is 6.33. The summed E-state index contributed by atoms with van der Waals surface area (Å²) in [5.74, 6) is 0.0937. The highest BCUT2D eigenvalue weighted by atomic mass is 35.5. The van der Waals surface area contributed by atoms with Crippen LogP contribution < -0.4 is 11.1 Å². The molecule has 0 aromatic heterocycles. The van der Waals surface area contributed by atoms with Crippen LogP contribution in [0.2, 0.25) is 0 Å². The molecule has 1 amide bonds. The van der Waals surface area contributed by atoms with Gasteiger partial charge in [0.25, 0.3) is 0 Å². The molecule has 0 atom stereocenters. The lowest BCUT2D eigenvalue weighted by Gasteiger charge is -2.16. The van der Waals surface area contributed by atoms with Crippen LogP contribution in [-0.2, 0) is 30.5 Å². The van der Waals surface area contributed by atoms with Crippen molar-refractivity contribution in [3.63, 3.8) is 0 Å². The number of nitrogen functional groups attached to an aromatic ring is 1. The summed E-state index contributed by atoms with van der Waals surface area (Å²) in [5.41, 5.74) is 11.6. The van der Waals surface area contributed by atoms with Gasteiger partial charge >= 0.3 is 0 Å². The Kier molecular flexibility index (Phi) is 6.68. The number of fused-ring (bicyclic) bond motifs is 1. The lowest BCUT2D eigenvalue weighted by Crippen LogP contribution is -2.27. The van der Waals surface area contributed by atoms with Crippen molar-refractivity contribution in [2.45, 2.75) is 38.5 Å². The first-order valence-corrected chi connectivity index (χ1v) is 8.42. The van der Waals surface area contributed by atoms with Crippen LogP contribution in [0, 0.1) is 0 Å². The fourth-order valence-corrected chi connectivity index (χ4v) is 3.18. The van der Waals surface area contributed by atoms with Gasteiger partial charge in [0.2, 0.25) is 5.91 Å². The number of carbonyl (C=O) groups excluding carboxylic acids is 1. The van der Waals surface area contributed by atoms with E-state index >= 15 is 0 Å². The van der Waals surface area contributed by atoms with Crippen LogP contribution in [0.3, 0.4) is 0 Å². The smallest absolute Gasteiger partial charge is 0.224 e. The number of halogens is 1. The molecule has 3 rings (SSSR count). The fourth-order valence-electron chi connectivity index (χ4n) is 3.18. The van der Waals surface area contributed by atoms with Crippen LogP contribution in [0.25, 0.3) is 0 Å². The Labute approximate surface area is 150 Å². The Hall–Kier alpha value is -2.00. The number of carbonyl (C=O) groups is 1. The van der Waals surface area contributed by atoms with E-state index in [1.165, 1.54) is 36.0 Å². The number of hydrogen-bond donors (Lipinski definition) is 2. The fraction of sp³-hybridized carbons (Fsp3) is 0.350. The average molecular weight is 345 g/mol. The van der Waals surface area contributed by atoms with Gasteiger partial charge in [-0.3, -0.25) is 4.79 Å². The van der Waals surface area contributed by atoms with Crippen molar-refractivity contribution < 1.29 is 4.79 Å². The lowest BCUT2D eigenvalue weighted by atomic mass is 9.90. The molecule has 0 saturated heterocycles. The molecule has 3 N–H and O–H groups in total. The Bertz CT molecular complexity index is 683. The SMILES string of the molecule is Cl.Nc1ccc(CCNC(=O)Cc2ccc3c(c2)CCCC3)cc1. The molecule has 0 bridgehead atoms. The van der Waals surface area contributed by atoms with Gasteiger partial charge < -0.3 is 11.1 Å². The van der Waals surface area contributed by atoms with E-state index in [0.717, 1.165) is 24.1 Å². The van der Waals surface area contributed by atoms with Crippen LogP contribution >= 0.6 is 12.4 Å². The van der Waals surface area contributed by atoms with Gasteiger partial charge in [0.15, 0.2) is 0 Å². The summed E-state index contributed by atoms with van der Waals surface area (Å²) < 4.78 is 0. The molecule has 24 heavy (non-hydrogen) atoms. The van der Waals surface area contributed by atoms with Crippen molar-refractivity contribution in [3.05, 3.63) is 64.7 Å².